The van der Waals surface area contributed by atoms with Crippen molar-refractivity contribution in [2.45, 2.75) is 11.3 Å². The number of sulfonamides is 1. The Morgan fingerprint density at radius 3 is 2.52 bits per heavy atom. The number of hydrogen-bond acceptors (Lipinski definition) is 5. The average Bonchev–Trinajstić information content (AvgIpc) is 2.74. The van der Waals surface area contributed by atoms with Crippen molar-refractivity contribution in [3.8, 4) is 0 Å². The first-order valence-corrected chi connectivity index (χ1v) is 11.3. The van der Waals surface area contributed by atoms with Crippen molar-refractivity contribution in [1.82, 2.24) is 10.2 Å². The van der Waals surface area contributed by atoms with Gasteiger partial charge >= 0.3 is 0 Å². The minimum absolute atomic E-state index is 0.137. The third kappa shape index (κ3) is 6.17. The van der Waals surface area contributed by atoms with Crippen LogP contribution >= 0.6 is 11.6 Å². The molecule has 1 saturated heterocycles. The molecule has 1 aliphatic rings. The molecule has 2 aromatic rings. The van der Waals surface area contributed by atoms with E-state index in [1.54, 1.807) is 24.3 Å². The molecule has 0 saturated carbocycles. The lowest BCUT2D eigenvalue weighted by atomic mass is 10.2. The molecular weight excluding hydrogens is 414 g/mol. The van der Waals surface area contributed by atoms with Crippen molar-refractivity contribution in [2.24, 2.45) is 0 Å². The highest BCUT2D eigenvalue weighted by Gasteiger charge is 2.16. The zero-order valence-electron chi connectivity index (χ0n) is 15.9. The molecule has 2 N–H and O–H groups in total. The molecule has 0 aliphatic carbocycles. The number of anilines is 1. The van der Waals surface area contributed by atoms with Crippen LogP contribution in [0.5, 0.6) is 0 Å². The van der Waals surface area contributed by atoms with Crippen LogP contribution in [0.3, 0.4) is 0 Å². The summed E-state index contributed by atoms with van der Waals surface area (Å²) in [4.78, 5) is 14.8. The fourth-order valence-electron chi connectivity index (χ4n) is 2.97. The van der Waals surface area contributed by atoms with Crippen molar-refractivity contribution in [1.29, 1.82) is 0 Å². The molecule has 0 bridgehead atoms. The fourth-order valence-corrected chi connectivity index (χ4v) is 4.36. The molecule has 0 radical (unpaired) electrons. The Labute approximate surface area is 176 Å². The van der Waals surface area contributed by atoms with Crippen LogP contribution in [0, 0.1) is 0 Å². The van der Waals surface area contributed by atoms with Crippen LogP contribution in [-0.2, 0) is 14.8 Å². The predicted molar refractivity (Wildman–Crippen MR) is 113 cm³/mol. The third-order valence-corrected chi connectivity index (χ3v) is 6.26. The minimum Gasteiger partial charge on any atom is -0.379 e. The van der Waals surface area contributed by atoms with Crippen molar-refractivity contribution >= 4 is 33.2 Å². The van der Waals surface area contributed by atoms with E-state index < -0.39 is 10.0 Å². The quantitative estimate of drug-likeness (QED) is 0.620. The Morgan fingerprint density at radius 2 is 1.83 bits per heavy atom. The fraction of sp³-hybridized carbons (Fsp3) is 0.350. The normalized spacial score (nSPS) is 15.1. The van der Waals surface area contributed by atoms with E-state index in [1.807, 2.05) is 0 Å². The Balaban J connectivity index is 1.53. The molecule has 1 heterocycles. The molecule has 1 amide bonds. The number of rotatable bonds is 8. The van der Waals surface area contributed by atoms with Gasteiger partial charge in [0.25, 0.3) is 15.9 Å². The number of halogens is 1. The summed E-state index contributed by atoms with van der Waals surface area (Å²) < 4.78 is 32.6. The molecule has 9 heteroatoms. The van der Waals surface area contributed by atoms with Crippen molar-refractivity contribution in [3.63, 3.8) is 0 Å². The van der Waals surface area contributed by atoms with Crippen molar-refractivity contribution in [2.75, 3.05) is 44.1 Å². The summed E-state index contributed by atoms with van der Waals surface area (Å²) in [6.45, 7) is 4.81. The van der Waals surface area contributed by atoms with E-state index in [1.165, 1.54) is 24.3 Å². The molecule has 29 heavy (non-hydrogen) atoms. The van der Waals surface area contributed by atoms with Gasteiger partial charge in [-0.05, 0) is 43.3 Å². The SMILES string of the molecule is O=C(NCCCN1CCOCC1)c1ccc(NS(=O)(=O)c2ccccc2)c(Cl)c1. The topological polar surface area (TPSA) is 87.7 Å². The predicted octanol–water partition coefficient (Wildman–Crippen LogP) is 2.59. The van der Waals surface area contributed by atoms with E-state index in [-0.39, 0.29) is 21.5 Å². The number of carbonyl (C=O) groups excluding carboxylic acids is 1. The highest BCUT2D eigenvalue weighted by atomic mass is 35.5. The molecule has 7 nitrogen and oxygen atoms in total. The number of benzene rings is 2. The Morgan fingerprint density at radius 1 is 1.10 bits per heavy atom. The molecule has 2 aromatic carbocycles. The van der Waals surface area contributed by atoms with E-state index in [4.69, 9.17) is 16.3 Å². The number of ether oxygens (including phenoxy) is 1. The van der Waals surface area contributed by atoms with Gasteiger partial charge in [0.15, 0.2) is 0 Å². The highest BCUT2D eigenvalue weighted by molar-refractivity contribution is 7.92. The first-order chi connectivity index (χ1) is 14.0. The molecular formula is C20H24ClN3O4S. The van der Waals surface area contributed by atoms with E-state index in [9.17, 15) is 13.2 Å². The smallest absolute Gasteiger partial charge is 0.261 e. The molecule has 3 rings (SSSR count). The van der Waals surface area contributed by atoms with Gasteiger partial charge in [0.1, 0.15) is 0 Å². The Kier molecular flexibility index (Phi) is 7.49. The zero-order chi connectivity index (χ0) is 20.7. The Hall–Kier alpha value is -2.13. The Bertz CT molecular complexity index is 932. The van der Waals surface area contributed by atoms with Gasteiger partial charge in [0.2, 0.25) is 0 Å². The minimum atomic E-state index is -3.75. The summed E-state index contributed by atoms with van der Waals surface area (Å²) in [5, 5.41) is 3.02. The second-order valence-corrected chi connectivity index (χ2v) is 8.77. The van der Waals surface area contributed by atoms with E-state index >= 15 is 0 Å². The summed E-state index contributed by atoms with van der Waals surface area (Å²) in [6.07, 6.45) is 0.842. The number of carbonyl (C=O) groups is 1. The molecule has 1 fully saturated rings. The zero-order valence-corrected chi connectivity index (χ0v) is 17.5. The summed E-state index contributed by atoms with van der Waals surface area (Å²) >= 11 is 6.20. The van der Waals surface area contributed by atoms with Crippen LogP contribution in [0.1, 0.15) is 16.8 Å². The maximum absolute atomic E-state index is 12.4. The van der Waals surface area contributed by atoms with Gasteiger partial charge in [-0.3, -0.25) is 14.4 Å². The van der Waals surface area contributed by atoms with E-state index in [0.29, 0.717) is 12.1 Å². The summed E-state index contributed by atoms with van der Waals surface area (Å²) in [5.74, 6) is -0.244. The number of nitrogens with one attached hydrogen (secondary N) is 2. The standard InChI is InChI=1S/C20H24ClN3O4S/c21-18-15-16(20(25)22-9-4-10-24-11-13-28-14-12-24)7-8-19(18)23-29(26,27)17-5-2-1-3-6-17/h1-3,5-8,15,23H,4,9-14H2,(H,22,25). The number of morpholine rings is 1. The second-order valence-electron chi connectivity index (χ2n) is 6.68. The first-order valence-electron chi connectivity index (χ1n) is 9.41. The molecule has 0 atom stereocenters. The van der Waals surface area contributed by atoms with Gasteiger partial charge in [-0.25, -0.2) is 8.42 Å². The molecule has 1 aliphatic heterocycles. The van der Waals surface area contributed by atoms with Gasteiger partial charge in [-0.15, -0.1) is 0 Å². The monoisotopic (exact) mass is 437 g/mol. The maximum atomic E-state index is 12.4. The van der Waals surface area contributed by atoms with Gasteiger partial charge in [-0.1, -0.05) is 29.8 Å². The summed E-state index contributed by atoms with van der Waals surface area (Å²) in [6, 6.07) is 12.5. The molecule has 0 aromatic heterocycles. The van der Waals surface area contributed by atoms with Crippen LogP contribution in [-0.4, -0.2) is 58.6 Å². The van der Waals surface area contributed by atoms with Gasteiger partial charge in [0.05, 0.1) is 28.8 Å². The highest BCUT2D eigenvalue weighted by Crippen LogP contribution is 2.25. The number of nitrogens with zero attached hydrogens (tertiary/aromatic N) is 1. The summed E-state index contributed by atoms with van der Waals surface area (Å²) in [7, 11) is -3.75. The van der Waals surface area contributed by atoms with E-state index in [0.717, 1.165) is 39.3 Å². The van der Waals surface area contributed by atoms with Crippen LogP contribution < -0.4 is 10.0 Å². The third-order valence-electron chi connectivity index (χ3n) is 4.57. The number of hydrogen-bond donors (Lipinski definition) is 2. The maximum Gasteiger partial charge on any atom is 0.261 e. The van der Waals surface area contributed by atoms with Gasteiger partial charge in [0, 0.05) is 25.2 Å². The molecule has 156 valence electrons. The van der Waals surface area contributed by atoms with Crippen LogP contribution in [0.4, 0.5) is 5.69 Å². The van der Waals surface area contributed by atoms with E-state index in [2.05, 4.69) is 14.9 Å². The van der Waals surface area contributed by atoms with Crippen LogP contribution in [0.15, 0.2) is 53.4 Å². The van der Waals surface area contributed by atoms with Gasteiger partial charge < -0.3 is 10.1 Å². The lowest BCUT2D eigenvalue weighted by Crippen LogP contribution is -2.38. The summed E-state index contributed by atoms with van der Waals surface area (Å²) in [5.41, 5.74) is 0.600. The second kappa shape index (κ2) is 10.1. The lowest BCUT2D eigenvalue weighted by Gasteiger charge is -2.26. The lowest BCUT2D eigenvalue weighted by molar-refractivity contribution is 0.0374. The van der Waals surface area contributed by atoms with Crippen molar-refractivity contribution in [3.05, 3.63) is 59.1 Å². The molecule has 0 spiro atoms. The van der Waals surface area contributed by atoms with Crippen molar-refractivity contribution < 1.29 is 17.9 Å². The average molecular weight is 438 g/mol. The van der Waals surface area contributed by atoms with Crippen LogP contribution in [0.25, 0.3) is 0 Å². The largest absolute Gasteiger partial charge is 0.379 e. The van der Waals surface area contributed by atoms with Gasteiger partial charge in [-0.2, -0.15) is 0 Å². The number of amides is 1. The van der Waals surface area contributed by atoms with Crippen LogP contribution in [0.2, 0.25) is 5.02 Å². The first kappa shape index (κ1) is 21.6. The molecule has 0 unspecified atom stereocenters.